The SMILES string of the molecule is COc1cc([C@@H]2C(C(=O)c3ccc(C)o3)=C(O)C(=O)N2c2cc(C)on2)ccc1OCCC(C)C. The van der Waals surface area contributed by atoms with Crippen LogP contribution in [0.5, 0.6) is 11.5 Å². The van der Waals surface area contributed by atoms with Crippen LogP contribution in [0.2, 0.25) is 0 Å². The standard InChI is InChI=1S/C26H28N2O7/c1-14(2)10-11-33-18-9-7-17(13-20(18)32-5)23-22(24(29)19-8-6-15(3)34-19)25(30)26(31)28(23)21-12-16(4)35-27-21/h6-9,12-14,23,30H,10-11H2,1-5H3/t23-/m1/s1. The van der Waals surface area contributed by atoms with E-state index < -0.39 is 23.5 Å². The number of aromatic nitrogens is 1. The van der Waals surface area contributed by atoms with Gasteiger partial charge in [0.25, 0.3) is 5.91 Å². The molecule has 0 radical (unpaired) electrons. The predicted molar refractivity (Wildman–Crippen MR) is 127 cm³/mol. The van der Waals surface area contributed by atoms with Gasteiger partial charge in [-0.25, -0.2) is 0 Å². The number of carbonyl (C=O) groups is 2. The second kappa shape index (κ2) is 9.69. The number of rotatable bonds is 9. The van der Waals surface area contributed by atoms with Gasteiger partial charge >= 0.3 is 0 Å². The van der Waals surface area contributed by atoms with Crippen molar-refractivity contribution in [2.75, 3.05) is 18.6 Å². The van der Waals surface area contributed by atoms with Crippen molar-refractivity contribution in [3.05, 3.63) is 70.6 Å². The molecule has 2 aromatic heterocycles. The van der Waals surface area contributed by atoms with Gasteiger partial charge in [0.1, 0.15) is 11.5 Å². The van der Waals surface area contributed by atoms with Crippen LogP contribution in [0.4, 0.5) is 5.82 Å². The number of aliphatic hydroxyl groups is 1. The molecule has 0 aliphatic carbocycles. The molecule has 35 heavy (non-hydrogen) atoms. The Bertz CT molecular complexity index is 1280. The van der Waals surface area contributed by atoms with E-state index >= 15 is 0 Å². The minimum absolute atomic E-state index is 0.0145. The fourth-order valence-electron chi connectivity index (χ4n) is 3.92. The molecule has 9 heteroatoms. The maximum absolute atomic E-state index is 13.4. The quantitative estimate of drug-likeness (QED) is 0.421. The van der Waals surface area contributed by atoms with Crippen molar-refractivity contribution in [3.8, 4) is 11.5 Å². The van der Waals surface area contributed by atoms with E-state index in [0.717, 1.165) is 6.42 Å². The number of hydrogen-bond acceptors (Lipinski definition) is 8. The molecule has 1 N–H and O–H groups in total. The highest BCUT2D eigenvalue weighted by molar-refractivity contribution is 6.20. The summed E-state index contributed by atoms with van der Waals surface area (Å²) in [5, 5.41) is 14.8. The first-order valence-corrected chi connectivity index (χ1v) is 11.3. The summed E-state index contributed by atoms with van der Waals surface area (Å²) < 4.78 is 22.1. The van der Waals surface area contributed by atoms with Crippen molar-refractivity contribution in [2.45, 2.75) is 40.2 Å². The van der Waals surface area contributed by atoms with Crippen molar-refractivity contribution < 1.29 is 33.1 Å². The lowest BCUT2D eigenvalue weighted by molar-refractivity contribution is -0.117. The summed E-state index contributed by atoms with van der Waals surface area (Å²) in [7, 11) is 1.51. The molecule has 0 saturated carbocycles. The van der Waals surface area contributed by atoms with Crippen LogP contribution in [0.3, 0.4) is 0 Å². The van der Waals surface area contributed by atoms with Gasteiger partial charge in [-0.05, 0) is 56.0 Å². The number of Topliss-reactive ketones (excluding diaryl/α,β-unsaturated/α-hetero) is 1. The first-order chi connectivity index (χ1) is 16.7. The van der Waals surface area contributed by atoms with Gasteiger partial charge in [0.05, 0.1) is 25.3 Å². The van der Waals surface area contributed by atoms with E-state index in [2.05, 4.69) is 19.0 Å². The zero-order valence-corrected chi connectivity index (χ0v) is 20.3. The highest BCUT2D eigenvalue weighted by Crippen LogP contribution is 2.43. The summed E-state index contributed by atoms with van der Waals surface area (Å²) in [5.41, 5.74) is 0.392. The average molecular weight is 481 g/mol. The molecule has 0 fully saturated rings. The van der Waals surface area contributed by atoms with Crippen LogP contribution in [0.1, 0.15) is 53.9 Å². The topological polar surface area (TPSA) is 115 Å². The summed E-state index contributed by atoms with van der Waals surface area (Å²) in [6.07, 6.45) is 0.874. The lowest BCUT2D eigenvalue weighted by Crippen LogP contribution is -2.31. The molecule has 1 amide bonds. The Morgan fingerprint density at radius 1 is 1.14 bits per heavy atom. The van der Waals surface area contributed by atoms with Crippen LogP contribution in [-0.4, -0.2) is 35.7 Å². The Kier molecular flexibility index (Phi) is 6.68. The summed E-state index contributed by atoms with van der Waals surface area (Å²) in [5.74, 6) is 0.581. The van der Waals surface area contributed by atoms with Crippen LogP contribution >= 0.6 is 0 Å². The predicted octanol–water partition coefficient (Wildman–Crippen LogP) is 5.10. The van der Waals surface area contributed by atoms with Crippen LogP contribution < -0.4 is 14.4 Å². The molecule has 1 aliphatic heterocycles. The maximum Gasteiger partial charge on any atom is 0.295 e. The smallest absolute Gasteiger partial charge is 0.295 e. The number of ether oxygens (including phenoxy) is 2. The van der Waals surface area contributed by atoms with Crippen LogP contribution in [0.15, 0.2) is 56.7 Å². The van der Waals surface area contributed by atoms with Crippen molar-refractivity contribution in [1.29, 1.82) is 0 Å². The Morgan fingerprint density at radius 3 is 2.51 bits per heavy atom. The molecule has 184 valence electrons. The Labute approximate surface area is 202 Å². The van der Waals surface area contributed by atoms with Crippen molar-refractivity contribution in [2.24, 2.45) is 5.92 Å². The number of furan rings is 1. The molecule has 3 aromatic rings. The second-order valence-electron chi connectivity index (χ2n) is 8.82. The van der Waals surface area contributed by atoms with Crippen molar-refractivity contribution in [1.82, 2.24) is 5.16 Å². The number of anilines is 1. The van der Waals surface area contributed by atoms with E-state index in [9.17, 15) is 14.7 Å². The molecule has 0 unspecified atom stereocenters. The number of benzene rings is 1. The van der Waals surface area contributed by atoms with E-state index in [0.29, 0.717) is 41.1 Å². The third-order valence-corrected chi connectivity index (χ3v) is 5.74. The number of amides is 1. The Morgan fingerprint density at radius 2 is 1.91 bits per heavy atom. The molecule has 3 heterocycles. The van der Waals surface area contributed by atoms with Gasteiger partial charge in [0, 0.05) is 6.07 Å². The number of nitrogens with zero attached hydrogens (tertiary/aromatic N) is 2. The van der Waals surface area contributed by atoms with Crippen molar-refractivity contribution >= 4 is 17.5 Å². The zero-order chi connectivity index (χ0) is 25.3. The first-order valence-electron chi connectivity index (χ1n) is 11.3. The molecular formula is C26H28N2O7. The van der Waals surface area contributed by atoms with Crippen LogP contribution in [0, 0.1) is 19.8 Å². The van der Waals surface area contributed by atoms with E-state index in [4.69, 9.17) is 18.4 Å². The number of aliphatic hydroxyl groups excluding tert-OH is 1. The number of hydrogen-bond donors (Lipinski definition) is 1. The second-order valence-corrected chi connectivity index (χ2v) is 8.82. The number of aryl methyl sites for hydroxylation is 2. The van der Waals surface area contributed by atoms with Crippen molar-refractivity contribution in [3.63, 3.8) is 0 Å². The maximum atomic E-state index is 13.4. The molecule has 9 nitrogen and oxygen atoms in total. The molecule has 0 spiro atoms. The lowest BCUT2D eigenvalue weighted by Gasteiger charge is -2.25. The Balaban J connectivity index is 1.79. The van der Waals surface area contributed by atoms with Gasteiger partial charge < -0.3 is 23.5 Å². The summed E-state index contributed by atoms with van der Waals surface area (Å²) in [6, 6.07) is 8.84. The lowest BCUT2D eigenvalue weighted by atomic mass is 9.94. The van der Waals surface area contributed by atoms with E-state index in [1.165, 1.54) is 18.1 Å². The summed E-state index contributed by atoms with van der Waals surface area (Å²) in [4.78, 5) is 27.8. The number of ketones is 1. The van der Waals surface area contributed by atoms with Gasteiger partial charge in [-0.15, -0.1) is 0 Å². The fraction of sp³-hybridized carbons (Fsp3) is 0.346. The fourth-order valence-corrected chi connectivity index (χ4v) is 3.92. The average Bonchev–Trinajstić information content (AvgIpc) is 3.51. The molecular weight excluding hydrogens is 452 g/mol. The summed E-state index contributed by atoms with van der Waals surface area (Å²) in [6.45, 7) is 8.12. The zero-order valence-electron chi connectivity index (χ0n) is 20.3. The molecule has 0 bridgehead atoms. The van der Waals surface area contributed by atoms with Crippen LogP contribution in [0.25, 0.3) is 0 Å². The van der Waals surface area contributed by atoms with E-state index in [-0.39, 0.29) is 17.2 Å². The van der Waals surface area contributed by atoms with E-state index in [1.54, 1.807) is 44.2 Å². The van der Waals surface area contributed by atoms with E-state index in [1.807, 2.05) is 0 Å². The highest BCUT2D eigenvalue weighted by atomic mass is 16.5. The minimum atomic E-state index is -0.997. The third-order valence-electron chi connectivity index (χ3n) is 5.74. The largest absolute Gasteiger partial charge is 0.503 e. The highest BCUT2D eigenvalue weighted by Gasteiger charge is 2.46. The Hall–Kier alpha value is -4.01. The van der Waals surface area contributed by atoms with Crippen LogP contribution in [-0.2, 0) is 4.79 Å². The molecule has 4 rings (SSSR count). The van der Waals surface area contributed by atoms with Gasteiger partial charge in [-0.1, -0.05) is 25.1 Å². The monoisotopic (exact) mass is 480 g/mol. The van der Waals surface area contributed by atoms with Gasteiger partial charge in [-0.2, -0.15) is 0 Å². The molecule has 1 aliphatic rings. The molecule has 1 aromatic carbocycles. The third kappa shape index (κ3) is 4.66. The normalized spacial score (nSPS) is 15.9. The first kappa shape index (κ1) is 24.1. The number of carbonyl (C=O) groups excluding carboxylic acids is 2. The molecule has 1 atom stereocenters. The molecule has 0 saturated heterocycles. The van der Waals surface area contributed by atoms with Gasteiger partial charge in [0.15, 0.2) is 28.8 Å². The minimum Gasteiger partial charge on any atom is -0.503 e. The van der Waals surface area contributed by atoms with Gasteiger partial charge in [0.2, 0.25) is 5.78 Å². The van der Waals surface area contributed by atoms with Gasteiger partial charge in [-0.3, -0.25) is 14.5 Å². The number of methoxy groups -OCH3 is 1. The summed E-state index contributed by atoms with van der Waals surface area (Å²) >= 11 is 0.